The molecule has 0 aromatic rings. The van der Waals surface area contributed by atoms with Crippen LogP contribution in [0, 0.1) is 52.3 Å². The predicted molar refractivity (Wildman–Crippen MR) is 118 cm³/mol. The number of aliphatic hydroxyl groups is 1. The molecule has 6 fully saturated rings. The molecule has 4 saturated carbocycles. The van der Waals surface area contributed by atoms with E-state index < -0.39 is 0 Å². The first-order valence-electron chi connectivity index (χ1n) is 13.3. The minimum absolute atomic E-state index is 0.0389. The number of ether oxygens (including phenoxy) is 2. The van der Waals surface area contributed by atoms with Gasteiger partial charge in [-0.2, -0.15) is 0 Å². The lowest BCUT2D eigenvalue weighted by Crippen LogP contribution is -2.55. The Balaban J connectivity index is 1.26. The Morgan fingerprint density at radius 3 is 2.40 bits per heavy atom. The molecule has 4 aliphatic carbocycles. The maximum absolute atomic E-state index is 10.3. The van der Waals surface area contributed by atoms with Crippen molar-refractivity contribution in [3.8, 4) is 0 Å². The maximum Gasteiger partial charge on any atom is 0.171 e. The Bertz CT molecular complexity index is 684. The van der Waals surface area contributed by atoms with E-state index in [1.54, 1.807) is 0 Å². The first-order chi connectivity index (χ1) is 14.3. The zero-order valence-corrected chi connectivity index (χ0v) is 19.7. The van der Waals surface area contributed by atoms with Crippen molar-refractivity contribution in [3.05, 3.63) is 0 Å². The molecule has 3 heteroatoms. The Kier molecular flexibility index (Phi) is 4.58. The van der Waals surface area contributed by atoms with Crippen molar-refractivity contribution >= 4 is 0 Å². The topological polar surface area (TPSA) is 38.7 Å². The summed E-state index contributed by atoms with van der Waals surface area (Å²) in [5.74, 6) is 4.93. The molecule has 30 heavy (non-hydrogen) atoms. The van der Waals surface area contributed by atoms with Crippen LogP contribution in [-0.2, 0) is 9.47 Å². The molecule has 170 valence electrons. The zero-order chi connectivity index (χ0) is 20.9. The number of aliphatic hydroxyl groups excluding tert-OH is 1. The van der Waals surface area contributed by atoms with E-state index in [0.29, 0.717) is 34.7 Å². The number of hydrogen-bond donors (Lipinski definition) is 1. The minimum atomic E-state index is -0.282. The molecule has 6 aliphatic rings. The predicted octanol–water partition coefficient (Wildman–Crippen LogP) is 5.79. The normalized spacial score (nSPS) is 62.5. The molecule has 0 radical (unpaired) electrons. The fourth-order valence-electron chi connectivity index (χ4n) is 10.3. The van der Waals surface area contributed by atoms with Crippen LogP contribution < -0.4 is 0 Å². The number of rotatable bonds is 0. The lowest BCUT2D eigenvalue weighted by molar-refractivity contribution is -0.273. The van der Waals surface area contributed by atoms with Gasteiger partial charge < -0.3 is 14.6 Å². The Morgan fingerprint density at radius 2 is 1.63 bits per heavy atom. The van der Waals surface area contributed by atoms with Gasteiger partial charge in [-0.05, 0) is 104 Å². The van der Waals surface area contributed by atoms with Crippen molar-refractivity contribution in [3.63, 3.8) is 0 Å². The second-order valence-corrected chi connectivity index (χ2v) is 13.1. The van der Waals surface area contributed by atoms with Gasteiger partial charge in [-0.1, -0.05) is 27.7 Å². The van der Waals surface area contributed by atoms with Crippen LogP contribution in [-0.4, -0.2) is 29.7 Å². The molecule has 6 rings (SSSR count). The minimum Gasteiger partial charge on any atom is -0.393 e. The average molecular weight is 417 g/mol. The van der Waals surface area contributed by atoms with E-state index in [4.69, 9.17) is 9.47 Å². The van der Waals surface area contributed by atoms with E-state index in [2.05, 4.69) is 27.7 Å². The molecule has 6 unspecified atom stereocenters. The van der Waals surface area contributed by atoms with Crippen molar-refractivity contribution < 1.29 is 14.6 Å². The van der Waals surface area contributed by atoms with Crippen molar-refractivity contribution in [2.75, 3.05) is 6.61 Å². The summed E-state index contributed by atoms with van der Waals surface area (Å²) in [6.45, 7) is 10.9. The summed E-state index contributed by atoms with van der Waals surface area (Å²) in [4.78, 5) is 0. The second-order valence-electron chi connectivity index (χ2n) is 13.1. The van der Waals surface area contributed by atoms with Gasteiger partial charge in [0.15, 0.2) is 5.79 Å². The summed E-state index contributed by atoms with van der Waals surface area (Å²) in [6, 6.07) is 0. The summed E-state index contributed by atoms with van der Waals surface area (Å²) >= 11 is 0. The number of fused-ring (bicyclic) bond motifs is 7. The smallest absolute Gasteiger partial charge is 0.171 e. The molecular formula is C27H44O3. The van der Waals surface area contributed by atoms with Crippen LogP contribution >= 0.6 is 0 Å². The summed E-state index contributed by atoms with van der Waals surface area (Å²) in [7, 11) is 0. The van der Waals surface area contributed by atoms with Crippen LogP contribution in [0.15, 0.2) is 0 Å². The molecule has 0 bridgehead atoms. The van der Waals surface area contributed by atoms with Crippen LogP contribution in [0.2, 0.25) is 0 Å². The van der Waals surface area contributed by atoms with Crippen molar-refractivity contribution in [1.29, 1.82) is 0 Å². The molecule has 1 spiro atoms. The maximum atomic E-state index is 10.3. The SMILES string of the molecule is C[C@@H]1CCC2(OC1)OC1C[C@H]3C4CC[C@@H]5C[C@@H](O)CC[C@]5(C)C4CCC3(C)C1[C@@H]2C. The van der Waals surface area contributed by atoms with Crippen LogP contribution in [0.3, 0.4) is 0 Å². The highest BCUT2D eigenvalue weighted by molar-refractivity contribution is 5.15. The van der Waals surface area contributed by atoms with Crippen molar-refractivity contribution in [2.24, 2.45) is 52.3 Å². The Labute approximate surface area is 183 Å². The van der Waals surface area contributed by atoms with Gasteiger partial charge in [-0.15, -0.1) is 0 Å². The van der Waals surface area contributed by atoms with E-state index in [1.807, 2.05) is 0 Å². The second kappa shape index (κ2) is 6.70. The Morgan fingerprint density at radius 1 is 0.833 bits per heavy atom. The quantitative estimate of drug-likeness (QED) is 0.543. The monoisotopic (exact) mass is 416 g/mol. The van der Waals surface area contributed by atoms with Crippen molar-refractivity contribution in [1.82, 2.24) is 0 Å². The van der Waals surface area contributed by atoms with Gasteiger partial charge in [0.05, 0.1) is 18.8 Å². The average Bonchev–Trinajstić information content (AvgIpc) is 3.16. The van der Waals surface area contributed by atoms with Crippen molar-refractivity contribution in [2.45, 2.75) is 110 Å². The van der Waals surface area contributed by atoms with E-state index in [9.17, 15) is 5.11 Å². The summed E-state index contributed by atoms with van der Waals surface area (Å²) in [5.41, 5.74) is 0.899. The van der Waals surface area contributed by atoms with Gasteiger partial charge >= 0.3 is 0 Å². The number of hydrogen-bond acceptors (Lipinski definition) is 3. The third-order valence-corrected chi connectivity index (χ3v) is 11.9. The van der Waals surface area contributed by atoms with Crippen LogP contribution in [0.1, 0.15) is 91.9 Å². The van der Waals surface area contributed by atoms with Gasteiger partial charge in [-0.3, -0.25) is 0 Å². The third kappa shape index (κ3) is 2.61. The highest BCUT2D eigenvalue weighted by Gasteiger charge is 2.69. The van der Waals surface area contributed by atoms with Crippen LogP contribution in [0.4, 0.5) is 0 Å². The summed E-state index contributed by atoms with van der Waals surface area (Å²) in [6.07, 6.45) is 12.9. The highest BCUT2D eigenvalue weighted by atomic mass is 16.7. The van der Waals surface area contributed by atoms with E-state index >= 15 is 0 Å². The van der Waals surface area contributed by atoms with E-state index in [0.717, 1.165) is 49.5 Å². The van der Waals surface area contributed by atoms with E-state index in [-0.39, 0.29) is 11.9 Å². The van der Waals surface area contributed by atoms with Gasteiger partial charge in [0.2, 0.25) is 0 Å². The molecule has 2 saturated heterocycles. The standard InChI is InChI=1S/C27H44O3/c1-16-7-12-27(29-15-16)17(2)24-23(30-27)14-22-20-6-5-18-13-19(28)8-10-25(18,3)21(20)9-11-26(22,24)4/h16-24,28H,5-15H2,1-4H3/t16-,17+,18-,19+,20?,21?,22+,23?,24?,25+,26?,27?/m1/s1. The molecule has 0 aromatic carbocycles. The molecule has 12 atom stereocenters. The van der Waals surface area contributed by atoms with E-state index in [1.165, 1.54) is 44.9 Å². The summed E-state index contributed by atoms with van der Waals surface area (Å²) < 4.78 is 13.4. The first-order valence-corrected chi connectivity index (χ1v) is 13.3. The van der Waals surface area contributed by atoms with Gasteiger partial charge in [0.1, 0.15) is 0 Å². The molecule has 0 amide bonds. The molecule has 0 aromatic heterocycles. The molecule has 1 N–H and O–H groups in total. The summed E-state index contributed by atoms with van der Waals surface area (Å²) in [5, 5.41) is 10.3. The fourth-order valence-corrected chi connectivity index (χ4v) is 10.3. The highest BCUT2D eigenvalue weighted by Crippen LogP contribution is 2.71. The third-order valence-electron chi connectivity index (χ3n) is 11.9. The van der Waals surface area contributed by atoms with Gasteiger partial charge in [0, 0.05) is 12.3 Å². The zero-order valence-electron chi connectivity index (χ0n) is 19.7. The molecule has 3 nitrogen and oxygen atoms in total. The molecule has 2 aliphatic heterocycles. The lowest BCUT2D eigenvalue weighted by atomic mass is 9.44. The first kappa shape index (κ1) is 20.5. The van der Waals surface area contributed by atoms with Gasteiger partial charge in [-0.25, -0.2) is 0 Å². The van der Waals surface area contributed by atoms with Crippen LogP contribution in [0.5, 0.6) is 0 Å². The molecular weight excluding hydrogens is 372 g/mol. The van der Waals surface area contributed by atoms with Gasteiger partial charge in [0.25, 0.3) is 0 Å². The fraction of sp³-hybridized carbons (Fsp3) is 1.00. The largest absolute Gasteiger partial charge is 0.393 e. The van der Waals surface area contributed by atoms with Crippen LogP contribution in [0.25, 0.3) is 0 Å². The lowest BCUT2D eigenvalue weighted by Gasteiger charge is -2.61. The molecule has 2 heterocycles. The Hall–Kier alpha value is -0.120.